The van der Waals surface area contributed by atoms with Crippen molar-refractivity contribution in [1.29, 1.82) is 0 Å². The summed E-state index contributed by atoms with van der Waals surface area (Å²) >= 11 is 0. The quantitative estimate of drug-likeness (QED) is 0.735. The maximum atomic E-state index is 12.7. The second-order valence-corrected chi connectivity index (χ2v) is 3.74. The lowest BCUT2D eigenvalue weighted by molar-refractivity contribution is 0.0773. The molecule has 0 heterocycles. The molecule has 82 valence electrons. The fourth-order valence-electron chi connectivity index (χ4n) is 1.55. The van der Waals surface area contributed by atoms with Crippen molar-refractivity contribution in [2.75, 3.05) is 0 Å². The summed E-state index contributed by atoms with van der Waals surface area (Å²) < 4.78 is 12.7. The highest BCUT2D eigenvalue weighted by Crippen LogP contribution is 2.28. The van der Waals surface area contributed by atoms with Crippen LogP contribution < -0.4 is 0 Å². The fourth-order valence-corrected chi connectivity index (χ4v) is 1.55. The molecule has 0 aliphatic carbocycles. The van der Waals surface area contributed by atoms with Crippen LogP contribution in [0.4, 0.5) is 4.39 Å². The monoisotopic (exact) mass is 208 g/mol. The topological polar surface area (TPSA) is 20.2 Å². The van der Waals surface area contributed by atoms with E-state index < -0.39 is 5.60 Å². The number of unbranched alkanes of at least 4 members (excludes halogenated alkanes) is 1. The van der Waals surface area contributed by atoms with E-state index in [0.29, 0.717) is 12.0 Å². The zero-order valence-electron chi connectivity index (χ0n) is 9.04. The van der Waals surface area contributed by atoms with E-state index >= 15 is 0 Å². The predicted octanol–water partition coefficient (Wildman–Crippen LogP) is 3.39. The van der Waals surface area contributed by atoms with Crippen LogP contribution >= 0.6 is 0 Å². The third-order valence-corrected chi connectivity index (χ3v) is 2.59. The van der Waals surface area contributed by atoms with Crippen molar-refractivity contribution in [2.45, 2.75) is 31.8 Å². The molecule has 15 heavy (non-hydrogen) atoms. The van der Waals surface area contributed by atoms with E-state index in [-0.39, 0.29) is 5.82 Å². The Morgan fingerprint density at radius 1 is 1.40 bits per heavy atom. The van der Waals surface area contributed by atoms with Gasteiger partial charge in [0.25, 0.3) is 0 Å². The van der Waals surface area contributed by atoms with Crippen LogP contribution in [-0.2, 0) is 5.60 Å². The lowest BCUT2D eigenvalue weighted by atomic mass is 9.89. The largest absolute Gasteiger partial charge is 0.381 e. The fraction of sp³-hybridized carbons (Fsp3) is 0.385. The summed E-state index contributed by atoms with van der Waals surface area (Å²) in [6.07, 6.45) is 4.08. The van der Waals surface area contributed by atoms with Crippen molar-refractivity contribution < 1.29 is 9.50 Å². The van der Waals surface area contributed by atoms with Crippen LogP contribution in [0, 0.1) is 5.82 Å². The Morgan fingerprint density at radius 2 is 2.00 bits per heavy atom. The van der Waals surface area contributed by atoms with Crippen LogP contribution in [0.3, 0.4) is 0 Å². The van der Waals surface area contributed by atoms with E-state index in [1.165, 1.54) is 18.2 Å². The normalized spacial score (nSPS) is 14.6. The molecule has 1 nitrogen and oxygen atoms in total. The molecule has 1 atom stereocenters. The zero-order chi connectivity index (χ0) is 11.3. The number of rotatable bonds is 5. The van der Waals surface area contributed by atoms with E-state index in [1.807, 2.05) is 0 Å². The van der Waals surface area contributed by atoms with Gasteiger partial charge < -0.3 is 5.11 Å². The van der Waals surface area contributed by atoms with E-state index in [0.717, 1.165) is 12.8 Å². The number of hydrogen-bond donors (Lipinski definition) is 1. The lowest BCUT2D eigenvalue weighted by Crippen LogP contribution is -2.22. The molecule has 1 rings (SSSR count). The Hall–Kier alpha value is -1.15. The molecule has 1 aromatic rings. The molecular formula is C13H17FO. The molecule has 0 aliphatic rings. The molecule has 0 saturated carbocycles. The van der Waals surface area contributed by atoms with Gasteiger partial charge in [-0.25, -0.2) is 4.39 Å². The molecule has 1 aromatic carbocycles. The molecule has 0 aromatic heterocycles. The minimum atomic E-state index is -1.02. The smallest absolute Gasteiger partial charge is 0.123 e. The van der Waals surface area contributed by atoms with Gasteiger partial charge in [-0.05, 0) is 24.1 Å². The van der Waals surface area contributed by atoms with Gasteiger partial charge in [-0.1, -0.05) is 44.6 Å². The first-order valence-electron chi connectivity index (χ1n) is 5.24. The summed E-state index contributed by atoms with van der Waals surface area (Å²) in [5.74, 6) is -0.291. The van der Waals surface area contributed by atoms with E-state index in [4.69, 9.17) is 0 Å². The molecule has 1 N–H and O–H groups in total. The minimum Gasteiger partial charge on any atom is -0.381 e. The van der Waals surface area contributed by atoms with Crippen LogP contribution in [-0.4, -0.2) is 5.11 Å². The highest BCUT2D eigenvalue weighted by Gasteiger charge is 2.24. The van der Waals surface area contributed by atoms with E-state index in [1.54, 1.807) is 12.1 Å². The molecular weight excluding hydrogens is 191 g/mol. The Bertz CT molecular complexity index is 318. The molecule has 0 amide bonds. The van der Waals surface area contributed by atoms with Crippen molar-refractivity contribution in [3.8, 4) is 0 Å². The summed E-state index contributed by atoms with van der Waals surface area (Å²) in [4.78, 5) is 0. The lowest BCUT2D eigenvalue weighted by Gasteiger charge is -2.24. The minimum absolute atomic E-state index is 0.291. The van der Waals surface area contributed by atoms with Gasteiger partial charge in [-0.3, -0.25) is 0 Å². The summed E-state index contributed by atoms with van der Waals surface area (Å²) in [6.45, 7) is 5.70. The van der Waals surface area contributed by atoms with Crippen molar-refractivity contribution in [3.63, 3.8) is 0 Å². The van der Waals surface area contributed by atoms with E-state index in [9.17, 15) is 9.50 Å². The molecule has 2 heteroatoms. The maximum absolute atomic E-state index is 12.7. The zero-order valence-corrected chi connectivity index (χ0v) is 9.04. The van der Waals surface area contributed by atoms with Gasteiger partial charge in [-0.15, -0.1) is 0 Å². The van der Waals surface area contributed by atoms with Gasteiger partial charge in [0.15, 0.2) is 0 Å². The Labute approximate surface area is 90.3 Å². The third-order valence-electron chi connectivity index (χ3n) is 2.59. The predicted molar refractivity (Wildman–Crippen MR) is 60.0 cm³/mol. The summed E-state index contributed by atoms with van der Waals surface area (Å²) in [6, 6.07) is 5.92. The molecule has 0 radical (unpaired) electrons. The summed E-state index contributed by atoms with van der Waals surface area (Å²) in [5.41, 5.74) is -0.323. The van der Waals surface area contributed by atoms with Gasteiger partial charge in [0, 0.05) is 0 Å². The first-order valence-corrected chi connectivity index (χ1v) is 5.24. The Morgan fingerprint density at radius 3 is 2.47 bits per heavy atom. The van der Waals surface area contributed by atoms with Crippen molar-refractivity contribution in [2.24, 2.45) is 0 Å². The molecule has 1 unspecified atom stereocenters. The number of benzene rings is 1. The van der Waals surface area contributed by atoms with Crippen LogP contribution in [0.5, 0.6) is 0 Å². The SMILES string of the molecule is C=CC(O)(CCCC)c1ccc(F)cc1. The van der Waals surface area contributed by atoms with Gasteiger partial charge in [0.1, 0.15) is 11.4 Å². The van der Waals surface area contributed by atoms with Crippen molar-refractivity contribution >= 4 is 0 Å². The average Bonchev–Trinajstić information content (AvgIpc) is 2.27. The Balaban J connectivity index is 2.89. The molecule has 0 bridgehead atoms. The van der Waals surface area contributed by atoms with Gasteiger partial charge >= 0.3 is 0 Å². The van der Waals surface area contributed by atoms with Crippen LogP contribution in [0.15, 0.2) is 36.9 Å². The number of hydrogen-bond acceptors (Lipinski definition) is 1. The Kier molecular flexibility index (Phi) is 4.04. The van der Waals surface area contributed by atoms with Crippen LogP contribution in [0.25, 0.3) is 0 Å². The molecule has 0 aliphatic heterocycles. The van der Waals surface area contributed by atoms with Gasteiger partial charge in [0.2, 0.25) is 0 Å². The summed E-state index contributed by atoms with van der Waals surface area (Å²) in [5, 5.41) is 10.3. The first-order chi connectivity index (χ1) is 7.12. The first kappa shape index (κ1) is 11.9. The van der Waals surface area contributed by atoms with Gasteiger partial charge in [-0.2, -0.15) is 0 Å². The highest BCUT2D eigenvalue weighted by atomic mass is 19.1. The molecule has 0 fully saturated rings. The van der Waals surface area contributed by atoms with E-state index in [2.05, 4.69) is 13.5 Å². The average molecular weight is 208 g/mol. The third kappa shape index (κ3) is 2.90. The number of aliphatic hydroxyl groups is 1. The van der Waals surface area contributed by atoms with Crippen molar-refractivity contribution in [1.82, 2.24) is 0 Å². The van der Waals surface area contributed by atoms with Gasteiger partial charge in [0.05, 0.1) is 0 Å². The van der Waals surface area contributed by atoms with Crippen LogP contribution in [0.1, 0.15) is 31.7 Å². The molecule has 0 saturated heterocycles. The second-order valence-electron chi connectivity index (χ2n) is 3.74. The number of halogens is 1. The summed E-state index contributed by atoms with van der Waals surface area (Å²) in [7, 11) is 0. The van der Waals surface area contributed by atoms with Crippen LogP contribution in [0.2, 0.25) is 0 Å². The second kappa shape index (κ2) is 5.08. The van der Waals surface area contributed by atoms with Crippen molar-refractivity contribution in [3.05, 3.63) is 48.3 Å². The standard InChI is InChI=1S/C13H17FO/c1-3-5-10-13(15,4-2)11-6-8-12(14)9-7-11/h4,6-9,15H,2-3,5,10H2,1H3. The highest BCUT2D eigenvalue weighted by molar-refractivity contribution is 5.26. The maximum Gasteiger partial charge on any atom is 0.123 e. The molecule has 0 spiro atoms.